The van der Waals surface area contributed by atoms with E-state index in [4.69, 9.17) is 5.73 Å². The maximum atomic E-state index is 6.13. The summed E-state index contributed by atoms with van der Waals surface area (Å²) in [7, 11) is 0. The highest BCUT2D eigenvalue weighted by atomic mass is 32.1. The molecule has 0 aliphatic heterocycles. The van der Waals surface area contributed by atoms with Crippen LogP contribution in [0.1, 0.15) is 25.8 Å². The van der Waals surface area contributed by atoms with Gasteiger partial charge in [-0.1, -0.05) is 32.1 Å². The fraction of sp³-hybridized carbons (Fsp3) is 0.545. The highest BCUT2D eigenvalue weighted by molar-refractivity contribution is 7.18. The van der Waals surface area contributed by atoms with Crippen LogP contribution in [0.5, 0.6) is 0 Å². The second-order valence-corrected chi connectivity index (χ2v) is 6.03. The summed E-state index contributed by atoms with van der Waals surface area (Å²) in [5.41, 5.74) is 6.95. The molecule has 2 aromatic rings. The summed E-state index contributed by atoms with van der Waals surface area (Å²) < 4.78 is 0. The van der Waals surface area contributed by atoms with Gasteiger partial charge in [0.05, 0.1) is 5.01 Å². The molecule has 2 rings (SSSR count). The normalized spacial score (nSPS) is 14.2. The highest BCUT2D eigenvalue weighted by Gasteiger charge is 2.22. The molecule has 0 aliphatic carbocycles. The van der Waals surface area contributed by atoms with Gasteiger partial charge in [0.25, 0.3) is 0 Å². The van der Waals surface area contributed by atoms with Crippen molar-refractivity contribution >= 4 is 21.8 Å². The molecule has 2 aromatic heterocycles. The fourth-order valence-corrected chi connectivity index (χ4v) is 2.22. The lowest BCUT2D eigenvalue weighted by Gasteiger charge is -2.26. The molecule has 0 aromatic carbocycles. The van der Waals surface area contributed by atoms with Gasteiger partial charge in [-0.05, 0) is 5.41 Å². The molecule has 5 heteroatoms. The Kier molecular flexibility index (Phi) is 2.90. The number of nitrogens with two attached hydrogens (primary N) is 1. The third kappa shape index (κ3) is 2.36. The molecule has 0 aliphatic rings. The second-order valence-electron chi connectivity index (χ2n) is 4.97. The Bertz CT molecular complexity index is 453. The smallest absolute Gasteiger partial charge is 0.189 e. The number of rotatable bonds is 2. The number of nitrogens with zero attached hydrogens (tertiary/aromatic N) is 3. The lowest BCUT2D eigenvalue weighted by molar-refractivity contribution is 0.318. The van der Waals surface area contributed by atoms with Gasteiger partial charge in [0.15, 0.2) is 10.5 Å². The SMILES string of the molecule is CC(C)(C)C(N)Cc1nc2nccnc2s1. The molecule has 2 heterocycles. The van der Waals surface area contributed by atoms with E-state index in [9.17, 15) is 0 Å². The van der Waals surface area contributed by atoms with Gasteiger partial charge in [0.2, 0.25) is 0 Å². The third-order valence-electron chi connectivity index (χ3n) is 2.60. The van der Waals surface area contributed by atoms with E-state index in [1.54, 1.807) is 23.7 Å². The van der Waals surface area contributed by atoms with Crippen molar-refractivity contribution in [2.24, 2.45) is 11.1 Å². The summed E-state index contributed by atoms with van der Waals surface area (Å²) in [5, 5.41) is 1.02. The van der Waals surface area contributed by atoms with Gasteiger partial charge in [0.1, 0.15) is 0 Å². The van der Waals surface area contributed by atoms with Gasteiger partial charge >= 0.3 is 0 Å². The number of thiazole rings is 1. The maximum absolute atomic E-state index is 6.13. The Morgan fingerprint density at radius 3 is 2.62 bits per heavy atom. The first-order chi connectivity index (χ1) is 7.47. The van der Waals surface area contributed by atoms with E-state index >= 15 is 0 Å². The van der Waals surface area contributed by atoms with Crippen molar-refractivity contribution in [2.75, 3.05) is 0 Å². The summed E-state index contributed by atoms with van der Waals surface area (Å²) in [6, 6.07) is 0.105. The first-order valence-corrected chi connectivity index (χ1v) is 6.10. The van der Waals surface area contributed by atoms with Crippen LogP contribution in [0.3, 0.4) is 0 Å². The Morgan fingerprint density at radius 2 is 2.00 bits per heavy atom. The molecule has 0 bridgehead atoms. The first kappa shape index (κ1) is 11.4. The van der Waals surface area contributed by atoms with E-state index in [-0.39, 0.29) is 11.5 Å². The fourth-order valence-electron chi connectivity index (χ4n) is 1.30. The van der Waals surface area contributed by atoms with E-state index in [2.05, 4.69) is 35.7 Å². The van der Waals surface area contributed by atoms with E-state index < -0.39 is 0 Å². The van der Waals surface area contributed by atoms with Gasteiger partial charge < -0.3 is 5.73 Å². The van der Waals surface area contributed by atoms with Crippen LogP contribution < -0.4 is 5.73 Å². The quantitative estimate of drug-likeness (QED) is 0.866. The molecule has 1 unspecified atom stereocenters. The molecule has 0 saturated carbocycles. The molecule has 0 spiro atoms. The molecule has 0 fully saturated rings. The molecule has 1 atom stereocenters. The molecule has 0 amide bonds. The Morgan fingerprint density at radius 1 is 1.31 bits per heavy atom. The number of aromatic nitrogens is 3. The van der Waals surface area contributed by atoms with Crippen LogP contribution in [-0.4, -0.2) is 21.0 Å². The van der Waals surface area contributed by atoms with Crippen LogP contribution >= 0.6 is 11.3 Å². The topological polar surface area (TPSA) is 64.7 Å². The number of hydrogen-bond acceptors (Lipinski definition) is 5. The minimum Gasteiger partial charge on any atom is -0.327 e. The Labute approximate surface area is 98.9 Å². The van der Waals surface area contributed by atoms with Crippen molar-refractivity contribution in [1.29, 1.82) is 0 Å². The molecule has 0 radical (unpaired) electrons. The number of fused-ring (bicyclic) bond motifs is 1. The Hall–Kier alpha value is -1.07. The van der Waals surface area contributed by atoms with Gasteiger partial charge in [-0.25, -0.2) is 15.0 Å². The van der Waals surface area contributed by atoms with Crippen LogP contribution in [0, 0.1) is 5.41 Å². The van der Waals surface area contributed by atoms with Crippen LogP contribution in [0.2, 0.25) is 0 Å². The number of hydrogen-bond donors (Lipinski definition) is 1. The van der Waals surface area contributed by atoms with Crippen molar-refractivity contribution in [3.05, 3.63) is 17.4 Å². The predicted octanol–water partition coefficient (Wildman–Crippen LogP) is 2.00. The van der Waals surface area contributed by atoms with Crippen molar-refractivity contribution in [3.8, 4) is 0 Å². The maximum Gasteiger partial charge on any atom is 0.189 e. The predicted molar refractivity (Wildman–Crippen MR) is 66.3 cm³/mol. The van der Waals surface area contributed by atoms with E-state index in [0.717, 1.165) is 21.9 Å². The van der Waals surface area contributed by atoms with Crippen molar-refractivity contribution < 1.29 is 0 Å². The zero-order valence-corrected chi connectivity index (χ0v) is 10.6. The second kappa shape index (κ2) is 4.07. The van der Waals surface area contributed by atoms with Gasteiger partial charge in [0, 0.05) is 24.9 Å². The van der Waals surface area contributed by atoms with Crippen molar-refractivity contribution in [1.82, 2.24) is 15.0 Å². The van der Waals surface area contributed by atoms with Gasteiger partial charge in [-0.2, -0.15) is 0 Å². The lowest BCUT2D eigenvalue weighted by atomic mass is 9.86. The first-order valence-electron chi connectivity index (χ1n) is 5.29. The molecule has 2 N–H and O–H groups in total. The summed E-state index contributed by atoms with van der Waals surface area (Å²) in [6.07, 6.45) is 4.13. The summed E-state index contributed by atoms with van der Waals surface area (Å²) in [6.45, 7) is 6.42. The van der Waals surface area contributed by atoms with Crippen LogP contribution in [0.4, 0.5) is 0 Å². The van der Waals surface area contributed by atoms with E-state index in [0.29, 0.717) is 0 Å². The summed E-state index contributed by atoms with van der Waals surface area (Å²) >= 11 is 1.58. The molecule has 4 nitrogen and oxygen atoms in total. The van der Waals surface area contributed by atoms with E-state index in [1.165, 1.54) is 0 Å². The zero-order valence-electron chi connectivity index (χ0n) is 9.77. The molecular weight excluding hydrogens is 220 g/mol. The van der Waals surface area contributed by atoms with Crippen LogP contribution in [0.15, 0.2) is 12.4 Å². The highest BCUT2D eigenvalue weighted by Crippen LogP contribution is 2.24. The average Bonchev–Trinajstić information content (AvgIpc) is 2.58. The van der Waals surface area contributed by atoms with Crippen molar-refractivity contribution in [3.63, 3.8) is 0 Å². The van der Waals surface area contributed by atoms with Crippen LogP contribution in [-0.2, 0) is 6.42 Å². The zero-order chi connectivity index (χ0) is 11.8. The van der Waals surface area contributed by atoms with Gasteiger partial charge in [-0.15, -0.1) is 0 Å². The largest absolute Gasteiger partial charge is 0.327 e. The Balaban J connectivity index is 2.22. The van der Waals surface area contributed by atoms with E-state index in [1.807, 2.05) is 0 Å². The molecular formula is C11H16N4S. The monoisotopic (exact) mass is 236 g/mol. The lowest BCUT2D eigenvalue weighted by Crippen LogP contribution is -2.36. The molecule has 16 heavy (non-hydrogen) atoms. The summed E-state index contributed by atoms with van der Waals surface area (Å²) in [4.78, 5) is 13.7. The third-order valence-corrected chi connectivity index (χ3v) is 3.57. The standard InChI is InChI=1S/C11H16N4S/c1-11(2,3)7(12)6-8-15-9-10(16-8)14-5-4-13-9/h4-5,7H,6,12H2,1-3H3. The van der Waals surface area contributed by atoms with Gasteiger partial charge in [-0.3, -0.25) is 0 Å². The average molecular weight is 236 g/mol. The van der Waals surface area contributed by atoms with Crippen molar-refractivity contribution in [2.45, 2.75) is 33.2 Å². The minimum absolute atomic E-state index is 0.0959. The molecule has 86 valence electrons. The van der Waals surface area contributed by atoms with Crippen LogP contribution in [0.25, 0.3) is 10.5 Å². The molecule has 0 saturated heterocycles. The minimum atomic E-state index is 0.0959. The summed E-state index contributed by atoms with van der Waals surface area (Å²) in [5.74, 6) is 0.